The van der Waals surface area contributed by atoms with E-state index in [1.54, 1.807) is 27.7 Å². The first-order valence-electron chi connectivity index (χ1n) is 6.98. The number of carbonyl (C=O) groups excluding carboxylic acids is 1. The van der Waals surface area contributed by atoms with Gasteiger partial charge in [-0.15, -0.1) is 11.3 Å². The number of hydrogen-bond acceptors (Lipinski definition) is 5. The number of thiazole rings is 1. The minimum Gasteiger partial charge on any atom is -0.444 e. The largest absolute Gasteiger partial charge is 0.444 e. The quantitative estimate of drug-likeness (QED) is 0.837. The molecule has 0 spiro atoms. The smallest absolute Gasteiger partial charge is 0.407 e. The van der Waals surface area contributed by atoms with E-state index in [4.69, 9.17) is 4.74 Å². The molecule has 1 heterocycles. The molecule has 0 saturated heterocycles. The summed E-state index contributed by atoms with van der Waals surface area (Å²) in [6.45, 7) is 7.31. The zero-order chi connectivity index (χ0) is 17.0. The van der Waals surface area contributed by atoms with E-state index in [0.29, 0.717) is 0 Å². The molecular formula is C14H23F2N3O2S. The molecule has 0 saturated carbocycles. The predicted molar refractivity (Wildman–Crippen MR) is 82.5 cm³/mol. The molecule has 1 atom stereocenters. The van der Waals surface area contributed by atoms with Crippen LogP contribution in [0.4, 0.5) is 13.6 Å². The van der Waals surface area contributed by atoms with E-state index in [0.717, 1.165) is 10.7 Å². The third kappa shape index (κ3) is 7.13. The predicted octanol–water partition coefficient (Wildman–Crippen LogP) is 3.26. The Bertz CT molecular complexity index is 501. The van der Waals surface area contributed by atoms with Gasteiger partial charge in [-0.25, -0.2) is 18.6 Å². The Morgan fingerprint density at radius 1 is 1.41 bits per heavy atom. The van der Waals surface area contributed by atoms with Crippen molar-refractivity contribution < 1.29 is 18.3 Å². The van der Waals surface area contributed by atoms with Gasteiger partial charge in [0.05, 0.1) is 23.8 Å². The van der Waals surface area contributed by atoms with Crippen LogP contribution < -0.4 is 10.6 Å². The molecule has 22 heavy (non-hydrogen) atoms. The Hall–Kier alpha value is -1.28. The number of aryl methyl sites for hydroxylation is 1. The number of carbonyl (C=O) groups is 1. The number of alkyl halides is 2. The van der Waals surface area contributed by atoms with Crippen LogP contribution in [0.25, 0.3) is 0 Å². The van der Waals surface area contributed by atoms with Gasteiger partial charge >= 0.3 is 6.09 Å². The van der Waals surface area contributed by atoms with Gasteiger partial charge in [0, 0.05) is 11.4 Å². The zero-order valence-electron chi connectivity index (χ0n) is 13.5. The van der Waals surface area contributed by atoms with Crippen LogP contribution in [0.5, 0.6) is 0 Å². The standard InChI is InChI=1S/C14H23F2N3O2S/c1-9(11-6-22-10(2)19-11)17-7-14(15,16)8-18-12(20)21-13(3,4)5/h6,9,17H,7-8H2,1-5H3,(H,18,20). The minimum absolute atomic E-state index is 0.280. The van der Waals surface area contributed by atoms with Gasteiger partial charge in [-0.05, 0) is 34.6 Å². The molecule has 0 aliphatic rings. The molecule has 1 unspecified atom stereocenters. The van der Waals surface area contributed by atoms with E-state index in [9.17, 15) is 13.6 Å². The fraction of sp³-hybridized carbons (Fsp3) is 0.714. The summed E-state index contributed by atoms with van der Waals surface area (Å²) in [5, 5.41) is 7.54. The van der Waals surface area contributed by atoms with Crippen molar-refractivity contribution in [1.82, 2.24) is 15.6 Å². The van der Waals surface area contributed by atoms with Crippen LogP contribution in [0.3, 0.4) is 0 Å². The summed E-state index contributed by atoms with van der Waals surface area (Å²) in [6.07, 6.45) is -0.852. The molecule has 2 N–H and O–H groups in total. The lowest BCUT2D eigenvalue weighted by Crippen LogP contribution is -2.45. The van der Waals surface area contributed by atoms with Crippen LogP contribution in [0.2, 0.25) is 0 Å². The fourth-order valence-electron chi connectivity index (χ4n) is 1.56. The third-order valence-electron chi connectivity index (χ3n) is 2.64. The lowest BCUT2D eigenvalue weighted by atomic mass is 10.2. The van der Waals surface area contributed by atoms with Gasteiger partial charge in [0.1, 0.15) is 5.60 Å². The number of nitrogens with one attached hydrogen (secondary N) is 2. The summed E-state index contributed by atoms with van der Waals surface area (Å²) in [7, 11) is 0. The number of nitrogens with zero attached hydrogens (tertiary/aromatic N) is 1. The first-order valence-corrected chi connectivity index (χ1v) is 7.86. The molecule has 0 bridgehead atoms. The normalized spacial score (nSPS) is 13.8. The number of halogens is 2. The summed E-state index contributed by atoms with van der Waals surface area (Å²) in [4.78, 5) is 15.6. The highest BCUT2D eigenvalue weighted by Gasteiger charge is 2.31. The minimum atomic E-state index is -3.07. The number of alkyl carbamates (subject to hydrolysis) is 1. The summed E-state index contributed by atoms with van der Waals surface area (Å²) < 4.78 is 32.4. The fourth-order valence-corrected chi connectivity index (χ4v) is 2.27. The Labute approximate surface area is 133 Å². The maximum atomic E-state index is 13.7. The summed E-state index contributed by atoms with van der Waals surface area (Å²) in [5.74, 6) is -3.07. The molecule has 126 valence electrons. The first kappa shape index (κ1) is 18.8. The zero-order valence-corrected chi connectivity index (χ0v) is 14.3. The number of hydrogen-bond donors (Lipinski definition) is 2. The van der Waals surface area contributed by atoms with Gasteiger partial charge in [0.2, 0.25) is 0 Å². The van der Waals surface area contributed by atoms with Crippen molar-refractivity contribution in [3.05, 3.63) is 16.1 Å². The van der Waals surface area contributed by atoms with E-state index < -0.39 is 30.7 Å². The van der Waals surface area contributed by atoms with Crippen LogP contribution >= 0.6 is 11.3 Å². The van der Waals surface area contributed by atoms with E-state index in [-0.39, 0.29) is 6.04 Å². The lowest BCUT2D eigenvalue weighted by Gasteiger charge is -2.23. The number of amides is 1. The van der Waals surface area contributed by atoms with Gasteiger partial charge < -0.3 is 15.4 Å². The van der Waals surface area contributed by atoms with Gasteiger partial charge in [0.15, 0.2) is 0 Å². The average molecular weight is 335 g/mol. The molecule has 0 aromatic carbocycles. The summed E-state index contributed by atoms with van der Waals surface area (Å²) in [6, 6.07) is -0.280. The second kappa shape index (κ2) is 7.32. The molecule has 0 aliphatic carbocycles. The van der Waals surface area contributed by atoms with Crippen LogP contribution in [0.1, 0.15) is 44.4 Å². The molecule has 1 aromatic rings. The molecule has 0 aliphatic heterocycles. The average Bonchev–Trinajstić information content (AvgIpc) is 2.79. The monoisotopic (exact) mass is 335 g/mol. The van der Waals surface area contributed by atoms with Crippen LogP contribution in [-0.4, -0.2) is 35.7 Å². The van der Waals surface area contributed by atoms with E-state index in [1.165, 1.54) is 11.3 Å². The summed E-state index contributed by atoms with van der Waals surface area (Å²) >= 11 is 1.47. The van der Waals surface area contributed by atoms with Crippen molar-refractivity contribution in [2.24, 2.45) is 0 Å². The second-order valence-electron chi connectivity index (χ2n) is 6.11. The van der Waals surface area contributed by atoms with Crippen molar-refractivity contribution >= 4 is 17.4 Å². The maximum absolute atomic E-state index is 13.7. The Kier molecular flexibility index (Phi) is 6.25. The third-order valence-corrected chi connectivity index (χ3v) is 3.43. The Balaban J connectivity index is 2.38. The Morgan fingerprint density at radius 3 is 2.55 bits per heavy atom. The first-order chi connectivity index (χ1) is 9.98. The van der Waals surface area contributed by atoms with Crippen LogP contribution in [0, 0.1) is 6.92 Å². The van der Waals surface area contributed by atoms with Crippen molar-refractivity contribution in [3.8, 4) is 0 Å². The molecule has 0 radical (unpaired) electrons. The molecule has 8 heteroatoms. The van der Waals surface area contributed by atoms with Crippen molar-refractivity contribution in [3.63, 3.8) is 0 Å². The molecule has 1 amide bonds. The molecule has 0 fully saturated rings. The van der Waals surface area contributed by atoms with Crippen molar-refractivity contribution in [1.29, 1.82) is 0 Å². The van der Waals surface area contributed by atoms with E-state index in [1.807, 2.05) is 12.3 Å². The Morgan fingerprint density at radius 2 is 2.05 bits per heavy atom. The van der Waals surface area contributed by atoms with E-state index in [2.05, 4.69) is 15.6 Å². The lowest BCUT2D eigenvalue weighted by molar-refractivity contribution is -0.00531. The molecule has 5 nitrogen and oxygen atoms in total. The molecular weight excluding hydrogens is 312 g/mol. The highest BCUT2D eigenvalue weighted by molar-refractivity contribution is 7.09. The van der Waals surface area contributed by atoms with Gasteiger partial charge in [-0.1, -0.05) is 0 Å². The van der Waals surface area contributed by atoms with Gasteiger partial charge in [-0.3, -0.25) is 0 Å². The van der Waals surface area contributed by atoms with Crippen molar-refractivity contribution in [2.75, 3.05) is 13.1 Å². The number of rotatable bonds is 6. The van der Waals surface area contributed by atoms with Crippen LogP contribution in [0.15, 0.2) is 5.38 Å². The number of ether oxygens (including phenoxy) is 1. The van der Waals surface area contributed by atoms with Gasteiger partial charge in [-0.2, -0.15) is 0 Å². The van der Waals surface area contributed by atoms with Gasteiger partial charge in [0.25, 0.3) is 5.92 Å². The second-order valence-corrected chi connectivity index (χ2v) is 7.17. The highest BCUT2D eigenvalue weighted by Crippen LogP contribution is 2.18. The van der Waals surface area contributed by atoms with E-state index >= 15 is 0 Å². The maximum Gasteiger partial charge on any atom is 0.407 e. The topological polar surface area (TPSA) is 63.2 Å². The SMILES string of the molecule is Cc1nc(C(C)NCC(F)(F)CNC(=O)OC(C)(C)C)cs1. The van der Waals surface area contributed by atoms with Crippen molar-refractivity contribution in [2.45, 2.75) is 52.2 Å². The number of aromatic nitrogens is 1. The molecule has 1 aromatic heterocycles. The summed E-state index contributed by atoms with van der Waals surface area (Å²) in [5.41, 5.74) is 0.0210. The molecule has 1 rings (SSSR count). The highest BCUT2D eigenvalue weighted by atomic mass is 32.1. The van der Waals surface area contributed by atoms with Crippen LogP contribution in [-0.2, 0) is 4.74 Å².